The lowest BCUT2D eigenvalue weighted by Gasteiger charge is -2.39. The van der Waals surface area contributed by atoms with Gasteiger partial charge in [-0.25, -0.2) is 9.97 Å². The summed E-state index contributed by atoms with van der Waals surface area (Å²) in [6.45, 7) is 3.24. The number of hydrogen-bond donors (Lipinski definition) is 0. The Morgan fingerprint density at radius 1 is 1.08 bits per heavy atom. The van der Waals surface area contributed by atoms with Crippen LogP contribution in [0, 0.1) is 5.92 Å². The van der Waals surface area contributed by atoms with E-state index in [1.807, 2.05) is 18.3 Å². The molecule has 0 unspecified atom stereocenters. The second-order valence-electron chi connectivity index (χ2n) is 6.37. The van der Waals surface area contributed by atoms with Gasteiger partial charge in [-0.3, -0.25) is 9.88 Å². The van der Waals surface area contributed by atoms with Gasteiger partial charge in [-0.2, -0.15) is 0 Å². The van der Waals surface area contributed by atoms with E-state index in [0.29, 0.717) is 24.6 Å². The highest BCUT2D eigenvalue weighted by Gasteiger charge is 2.43. The second kappa shape index (κ2) is 7.23. The van der Waals surface area contributed by atoms with E-state index < -0.39 is 0 Å². The van der Waals surface area contributed by atoms with E-state index in [4.69, 9.17) is 9.47 Å². The fourth-order valence-corrected chi connectivity index (χ4v) is 3.75. The molecular formula is C18H22N4O2. The topological polar surface area (TPSA) is 60.4 Å². The Morgan fingerprint density at radius 3 is 2.79 bits per heavy atom. The highest BCUT2D eigenvalue weighted by atomic mass is 16.5. The van der Waals surface area contributed by atoms with E-state index in [-0.39, 0.29) is 6.10 Å². The van der Waals surface area contributed by atoms with Crippen LogP contribution in [0.15, 0.2) is 42.9 Å². The summed E-state index contributed by atoms with van der Waals surface area (Å²) in [4.78, 5) is 15.2. The van der Waals surface area contributed by atoms with E-state index in [1.54, 1.807) is 18.5 Å². The number of morpholine rings is 1. The Labute approximate surface area is 141 Å². The fourth-order valence-electron chi connectivity index (χ4n) is 3.75. The Kier molecular flexibility index (Phi) is 4.66. The molecule has 6 nitrogen and oxygen atoms in total. The van der Waals surface area contributed by atoms with Crippen molar-refractivity contribution in [3.8, 4) is 6.01 Å². The second-order valence-corrected chi connectivity index (χ2v) is 6.37. The standard InChI is InChI=1S/C18H22N4O2/c1-2-7-19-15(4-1)12-22-10-11-23-17-14(5-6-16(17)22)13-24-18-20-8-3-9-21-18/h1-4,7-9,14,16-17H,5-6,10-13H2/t14-,16-,17+/m0/s1. The quantitative estimate of drug-likeness (QED) is 0.837. The predicted molar refractivity (Wildman–Crippen MR) is 88.4 cm³/mol. The smallest absolute Gasteiger partial charge is 0.316 e. The molecule has 2 aliphatic rings. The summed E-state index contributed by atoms with van der Waals surface area (Å²) in [5.74, 6) is 0.394. The van der Waals surface area contributed by atoms with E-state index in [9.17, 15) is 0 Å². The molecule has 1 aliphatic heterocycles. The van der Waals surface area contributed by atoms with Gasteiger partial charge in [-0.15, -0.1) is 0 Å². The van der Waals surface area contributed by atoms with Crippen LogP contribution in [-0.4, -0.2) is 51.8 Å². The number of ether oxygens (including phenoxy) is 2. The Bertz CT molecular complexity index is 640. The first-order chi connectivity index (χ1) is 11.9. The molecule has 24 heavy (non-hydrogen) atoms. The number of rotatable bonds is 5. The van der Waals surface area contributed by atoms with Gasteiger partial charge in [-0.1, -0.05) is 6.07 Å². The lowest BCUT2D eigenvalue weighted by atomic mass is 10.0. The van der Waals surface area contributed by atoms with Crippen LogP contribution in [0.4, 0.5) is 0 Å². The van der Waals surface area contributed by atoms with Gasteiger partial charge in [0.05, 0.1) is 25.0 Å². The van der Waals surface area contributed by atoms with Crippen LogP contribution in [0.5, 0.6) is 6.01 Å². The summed E-state index contributed by atoms with van der Waals surface area (Å²) in [6.07, 6.45) is 7.74. The van der Waals surface area contributed by atoms with Gasteiger partial charge < -0.3 is 9.47 Å². The molecule has 0 amide bonds. The molecule has 1 aliphatic carbocycles. The van der Waals surface area contributed by atoms with Gasteiger partial charge in [0, 0.05) is 43.6 Å². The zero-order valence-corrected chi connectivity index (χ0v) is 13.6. The zero-order chi connectivity index (χ0) is 16.2. The minimum Gasteiger partial charge on any atom is -0.463 e. The van der Waals surface area contributed by atoms with Crippen molar-refractivity contribution in [2.45, 2.75) is 31.5 Å². The molecule has 0 N–H and O–H groups in total. The van der Waals surface area contributed by atoms with E-state index in [0.717, 1.165) is 38.2 Å². The highest BCUT2D eigenvalue weighted by molar-refractivity contribution is 5.05. The van der Waals surface area contributed by atoms with Crippen molar-refractivity contribution in [3.05, 3.63) is 48.5 Å². The first kappa shape index (κ1) is 15.5. The van der Waals surface area contributed by atoms with Gasteiger partial charge >= 0.3 is 6.01 Å². The normalized spacial score (nSPS) is 26.9. The summed E-state index contributed by atoms with van der Waals surface area (Å²) in [5, 5.41) is 0. The third-order valence-electron chi connectivity index (χ3n) is 4.89. The molecule has 1 saturated carbocycles. The third kappa shape index (κ3) is 3.39. The zero-order valence-electron chi connectivity index (χ0n) is 13.6. The lowest BCUT2D eigenvalue weighted by Crippen LogP contribution is -2.50. The van der Waals surface area contributed by atoms with Gasteiger partial charge in [0.25, 0.3) is 0 Å². The lowest BCUT2D eigenvalue weighted by molar-refractivity contribution is -0.0822. The van der Waals surface area contributed by atoms with Crippen molar-refractivity contribution in [1.29, 1.82) is 0 Å². The van der Waals surface area contributed by atoms with Crippen LogP contribution in [0.25, 0.3) is 0 Å². The van der Waals surface area contributed by atoms with Gasteiger partial charge in [-0.05, 0) is 31.0 Å². The Morgan fingerprint density at radius 2 is 1.96 bits per heavy atom. The van der Waals surface area contributed by atoms with Crippen molar-refractivity contribution in [2.75, 3.05) is 19.8 Å². The predicted octanol–water partition coefficient (Wildman–Crippen LogP) is 1.93. The summed E-state index contributed by atoms with van der Waals surface area (Å²) in [7, 11) is 0. The maximum absolute atomic E-state index is 6.09. The van der Waals surface area contributed by atoms with Crippen LogP contribution in [0.1, 0.15) is 18.5 Å². The molecule has 2 aromatic rings. The molecular weight excluding hydrogens is 304 g/mol. The molecule has 0 bridgehead atoms. The van der Waals surface area contributed by atoms with E-state index >= 15 is 0 Å². The average molecular weight is 326 g/mol. The van der Waals surface area contributed by atoms with Crippen molar-refractivity contribution >= 4 is 0 Å². The SMILES string of the molecule is c1ccc(CN2CCO[C@@H]3[C@H](COc4ncccn4)CC[C@@H]32)nc1. The van der Waals surface area contributed by atoms with E-state index in [1.165, 1.54) is 0 Å². The monoisotopic (exact) mass is 326 g/mol. The summed E-state index contributed by atoms with van der Waals surface area (Å²) in [6, 6.07) is 8.78. The Balaban J connectivity index is 1.37. The molecule has 0 radical (unpaired) electrons. The third-order valence-corrected chi connectivity index (χ3v) is 4.89. The van der Waals surface area contributed by atoms with Crippen molar-refractivity contribution in [3.63, 3.8) is 0 Å². The molecule has 3 heterocycles. The Hall–Kier alpha value is -2.05. The number of hydrogen-bond acceptors (Lipinski definition) is 6. The molecule has 4 rings (SSSR count). The highest BCUT2D eigenvalue weighted by Crippen LogP contribution is 2.35. The molecule has 0 spiro atoms. The van der Waals surface area contributed by atoms with Crippen LogP contribution < -0.4 is 4.74 Å². The molecule has 2 fully saturated rings. The molecule has 1 saturated heterocycles. The molecule has 2 aromatic heterocycles. The van der Waals surface area contributed by atoms with E-state index in [2.05, 4.69) is 25.9 Å². The number of aromatic nitrogens is 3. The van der Waals surface area contributed by atoms with Crippen LogP contribution in [0.2, 0.25) is 0 Å². The average Bonchev–Trinajstić information content (AvgIpc) is 3.06. The van der Waals surface area contributed by atoms with Crippen molar-refractivity contribution in [2.24, 2.45) is 5.92 Å². The summed E-state index contributed by atoms with van der Waals surface area (Å²) >= 11 is 0. The van der Waals surface area contributed by atoms with Crippen molar-refractivity contribution in [1.82, 2.24) is 19.9 Å². The molecule has 126 valence electrons. The first-order valence-corrected chi connectivity index (χ1v) is 8.55. The summed E-state index contributed by atoms with van der Waals surface area (Å²) in [5.41, 5.74) is 1.12. The summed E-state index contributed by atoms with van der Waals surface area (Å²) < 4.78 is 11.8. The van der Waals surface area contributed by atoms with Crippen LogP contribution in [0.3, 0.4) is 0 Å². The molecule has 3 atom stereocenters. The van der Waals surface area contributed by atoms with Gasteiger partial charge in [0.2, 0.25) is 0 Å². The van der Waals surface area contributed by atoms with Crippen LogP contribution >= 0.6 is 0 Å². The number of pyridine rings is 1. The first-order valence-electron chi connectivity index (χ1n) is 8.55. The minimum atomic E-state index is 0.228. The number of fused-ring (bicyclic) bond motifs is 1. The maximum Gasteiger partial charge on any atom is 0.316 e. The number of nitrogens with zero attached hydrogens (tertiary/aromatic N) is 4. The van der Waals surface area contributed by atoms with Gasteiger partial charge in [0.1, 0.15) is 0 Å². The molecule has 6 heteroatoms. The van der Waals surface area contributed by atoms with Crippen LogP contribution in [-0.2, 0) is 11.3 Å². The minimum absolute atomic E-state index is 0.228. The largest absolute Gasteiger partial charge is 0.463 e. The molecule has 0 aromatic carbocycles. The van der Waals surface area contributed by atoms with Crippen molar-refractivity contribution < 1.29 is 9.47 Å². The fraction of sp³-hybridized carbons (Fsp3) is 0.500. The van der Waals surface area contributed by atoms with Gasteiger partial charge in [0.15, 0.2) is 0 Å². The maximum atomic E-state index is 6.09.